The fourth-order valence-electron chi connectivity index (χ4n) is 2.92. The molecular formula is C16H14N4O4. The molecule has 24 heavy (non-hydrogen) atoms. The predicted octanol–water partition coefficient (Wildman–Crippen LogP) is 3.42. The van der Waals surface area contributed by atoms with Crippen molar-refractivity contribution in [2.75, 3.05) is 0 Å². The van der Waals surface area contributed by atoms with Gasteiger partial charge >= 0.3 is 0 Å². The molecule has 0 saturated carbocycles. The molecule has 1 aromatic carbocycles. The number of aromatic nitrogens is 3. The fraction of sp³-hybridized carbons (Fsp3) is 0.312. The van der Waals surface area contributed by atoms with Crippen LogP contribution in [-0.4, -0.2) is 20.2 Å². The molecule has 0 amide bonds. The van der Waals surface area contributed by atoms with E-state index in [1.165, 1.54) is 12.1 Å². The quantitative estimate of drug-likeness (QED) is 0.536. The largest absolute Gasteiger partial charge is 0.360 e. The van der Waals surface area contributed by atoms with E-state index < -0.39 is 4.92 Å². The molecule has 3 aromatic rings. The fourth-order valence-corrected chi connectivity index (χ4v) is 2.92. The molecule has 2 heterocycles. The molecule has 1 unspecified atom stereocenters. The van der Waals surface area contributed by atoms with Gasteiger partial charge in [0.25, 0.3) is 11.6 Å². The maximum atomic E-state index is 10.7. The number of nitro groups is 1. The third-order valence-corrected chi connectivity index (χ3v) is 4.25. The molecule has 0 fully saturated rings. The van der Waals surface area contributed by atoms with Crippen LogP contribution in [0.3, 0.4) is 0 Å². The van der Waals surface area contributed by atoms with Crippen molar-refractivity contribution in [1.29, 1.82) is 0 Å². The standard InChI is InChI=1S/C16H14N4O4/c1-9-2-7-13-12(8-9)14(18-23-13)16-17-15(19-24-16)10-3-5-11(6-4-10)20(21)22/h3-6,9H,2,7-8H2,1H3. The highest BCUT2D eigenvalue weighted by Crippen LogP contribution is 2.33. The summed E-state index contributed by atoms with van der Waals surface area (Å²) in [6.07, 6.45) is 2.83. The molecule has 4 rings (SSSR count). The van der Waals surface area contributed by atoms with Crippen LogP contribution in [0, 0.1) is 16.0 Å². The first kappa shape index (κ1) is 14.6. The monoisotopic (exact) mass is 326 g/mol. The number of nitro benzene ring substituents is 1. The van der Waals surface area contributed by atoms with Gasteiger partial charge in [-0.15, -0.1) is 0 Å². The molecule has 1 aliphatic carbocycles. The molecule has 122 valence electrons. The van der Waals surface area contributed by atoms with Crippen LogP contribution >= 0.6 is 0 Å². The molecule has 0 N–H and O–H groups in total. The van der Waals surface area contributed by atoms with Crippen LogP contribution in [0.25, 0.3) is 23.0 Å². The van der Waals surface area contributed by atoms with E-state index in [0.29, 0.717) is 28.9 Å². The topological polar surface area (TPSA) is 108 Å². The first-order valence-electron chi connectivity index (χ1n) is 7.68. The predicted molar refractivity (Wildman–Crippen MR) is 83.1 cm³/mol. The Kier molecular flexibility index (Phi) is 3.37. The molecule has 8 heteroatoms. The summed E-state index contributed by atoms with van der Waals surface area (Å²) in [6.45, 7) is 2.19. The second kappa shape index (κ2) is 5.55. The minimum Gasteiger partial charge on any atom is -0.360 e. The van der Waals surface area contributed by atoms with Crippen molar-refractivity contribution in [2.24, 2.45) is 5.92 Å². The number of hydrogen-bond donors (Lipinski definition) is 0. The Morgan fingerprint density at radius 3 is 2.75 bits per heavy atom. The van der Waals surface area contributed by atoms with Crippen LogP contribution in [0.5, 0.6) is 0 Å². The van der Waals surface area contributed by atoms with Gasteiger partial charge in [0.1, 0.15) is 5.76 Å². The third kappa shape index (κ3) is 2.45. The number of aryl methyl sites for hydroxylation is 1. The van der Waals surface area contributed by atoms with Crippen molar-refractivity contribution < 1.29 is 14.0 Å². The van der Waals surface area contributed by atoms with Crippen LogP contribution in [0.2, 0.25) is 0 Å². The highest BCUT2D eigenvalue weighted by atomic mass is 16.6. The van der Waals surface area contributed by atoms with Gasteiger partial charge in [0.05, 0.1) is 4.92 Å². The summed E-state index contributed by atoms with van der Waals surface area (Å²) < 4.78 is 10.7. The van der Waals surface area contributed by atoms with E-state index in [0.717, 1.165) is 30.6 Å². The lowest BCUT2D eigenvalue weighted by Gasteiger charge is -2.15. The maximum Gasteiger partial charge on any atom is 0.280 e. The average Bonchev–Trinajstić information content (AvgIpc) is 3.21. The summed E-state index contributed by atoms with van der Waals surface area (Å²) in [6, 6.07) is 6.00. The molecule has 2 aromatic heterocycles. The lowest BCUT2D eigenvalue weighted by atomic mass is 9.88. The van der Waals surface area contributed by atoms with Gasteiger partial charge in [0.15, 0.2) is 5.69 Å². The summed E-state index contributed by atoms with van der Waals surface area (Å²) in [7, 11) is 0. The first-order chi connectivity index (χ1) is 11.6. The van der Waals surface area contributed by atoms with Gasteiger partial charge in [-0.3, -0.25) is 10.1 Å². The molecule has 8 nitrogen and oxygen atoms in total. The van der Waals surface area contributed by atoms with E-state index in [9.17, 15) is 10.1 Å². The normalized spacial score (nSPS) is 16.8. The summed E-state index contributed by atoms with van der Waals surface area (Å²) >= 11 is 0. The second-order valence-electron chi connectivity index (χ2n) is 6.01. The van der Waals surface area contributed by atoms with Gasteiger partial charge in [0.2, 0.25) is 5.82 Å². The third-order valence-electron chi connectivity index (χ3n) is 4.25. The number of non-ortho nitro benzene ring substituents is 1. The number of rotatable bonds is 3. The number of nitrogens with zero attached hydrogens (tertiary/aromatic N) is 4. The lowest BCUT2D eigenvalue weighted by Crippen LogP contribution is -2.09. The molecule has 0 aliphatic heterocycles. The Hall–Kier alpha value is -3.03. The Labute approximate surface area is 136 Å². The molecular weight excluding hydrogens is 312 g/mol. The summed E-state index contributed by atoms with van der Waals surface area (Å²) in [5.74, 6) is 2.12. The minimum atomic E-state index is -0.450. The minimum absolute atomic E-state index is 0.0158. The van der Waals surface area contributed by atoms with E-state index >= 15 is 0 Å². The molecule has 1 atom stereocenters. The van der Waals surface area contributed by atoms with Gasteiger partial charge in [-0.05, 0) is 30.9 Å². The summed E-state index contributed by atoms with van der Waals surface area (Å²) in [5, 5.41) is 18.7. The van der Waals surface area contributed by atoms with Crippen LogP contribution in [-0.2, 0) is 12.8 Å². The molecule has 1 aliphatic rings. The number of benzene rings is 1. The lowest BCUT2D eigenvalue weighted by molar-refractivity contribution is -0.384. The maximum absolute atomic E-state index is 10.7. The zero-order valence-corrected chi connectivity index (χ0v) is 12.9. The first-order valence-corrected chi connectivity index (χ1v) is 7.68. The number of hydrogen-bond acceptors (Lipinski definition) is 7. The SMILES string of the molecule is CC1CCc2onc(-c3nc(-c4ccc([N+](=O)[O-])cc4)no3)c2C1. The Bertz CT molecular complexity index is 897. The summed E-state index contributed by atoms with van der Waals surface area (Å²) in [5.41, 5.74) is 2.29. The Morgan fingerprint density at radius 1 is 1.21 bits per heavy atom. The van der Waals surface area contributed by atoms with Crippen molar-refractivity contribution in [3.05, 3.63) is 45.7 Å². The van der Waals surface area contributed by atoms with Crippen molar-refractivity contribution in [2.45, 2.75) is 26.2 Å². The van der Waals surface area contributed by atoms with E-state index in [1.54, 1.807) is 12.1 Å². The molecule has 0 radical (unpaired) electrons. The van der Waals surface area contributed by atoms with Gasteiger partial charge < -0.3 is 9.05 Å². The van der Waals surface area contributed by atoms with Gasteiger partial charge in [-0.25, -0.2) is 0 Å². The molecule has 0 bridgehead atoms. The van der Waals surface area contributed by atoms with Crippen molar-refractivity contribution in [1.82, 2.24) is 15.3 Å². The van der Waals surface area contributed by atoms with Crippen molar-refractivity contribution in [3.8, 4) is 23.0 Å². The molecule has 0 spiro atoms. The average molecular weight is 326 g/mol. The summed E-state index contributed by atoms with van der Waals surface area (Å²) in [4.78, 5) is 14.6. The van der Waals surface area contributed by atoms with E-state index in [4.69, 9.17) is 9.05 Å². The van der Waals surface area contributed by atoms with Crippen molar-refractivity contribution >= 4 is 5.69 Å². The van der Waals surface area contributed by atoms with Gasteiger partial charge in [-0.2, -0.15) is 4.98 Å². The van der Waals surface area contributed by atoms with E-state index in [2.05, 4.69) is 22.2 Å². The number of fused-ring (bicyclic) bond motifs is 1. The van der Waals surface area contributed by atoms with Gasteiger partial charge in [0, 0.05) is 29.7 Å². The second-order valence-corrected chi connectivity index (χ2v) is 6.01. The smallest absolute Gasteiger partial charge is 0.280 e. The zero-order chi connectivity index (χ0) is 16.7. The Balaban J connectivity index is 1.66. The van der Waals surface area contributed by atoms with Crippen LogP contribution < -0.4 is 0 Å². The van der Waals surface area contributed by atoms with Crippen LogP contribution in [0.1, 0.15) is 24.7 Å². The van der Waals surface area contributed by atoms with E-state index in [-0.39, 0.29) is 5.69 Å². The van der Waals surface area contributed by atoms with Crippen LogP contribution in [0.15, 0.2) is 33.3 Å². The van der Waals surface area contributed by atoms with Gasteiger partial charge in [-0.1, -0.05) is 17.2 Å². The Morgan fingerprint density at radius 2 is 2.00 bits per heavy atom. The van der Waals surface area contributed by atoms with E-state index in [1.807, 2.05) is 0 Å². The zero-order valence-electron chi connectivity index (χ0n) is 12.9. The van der Waals surface area contributed by atoms with Crippen molar-refractivity contribution in [3.63, 3.8) is 0 Å². The highest BCUT2D eigenvalue weighted by Gasteiger charge is 2.27. The molecule has 0 saturated heterocycles. The van der Waals surface area contributed by atoms with Crippen LogP contribution in [0.4, 0.5) is 5.69 Å². The highest BCUT2D eigenvalue weighted by molar-refractivity contribution is 5.61.